The summed E-state index contributed by atoms with van der Waals surface area (Å²) in [6.07, 6.45) is 0.969. The molecule has 0 bridgehead atoms. The second-order valence-electron chi connectivity index (χ2n) is 3.33. The van der Waals surface area contributed by atoms with Gasteiger partial charge in [-0.3, -0.25) is 4.68 Å². The Morgan fingerprint density at radius 3 is 2.54 bits per heavy atom. The Morgan fingerprint density at radius 2 is 2.15 bits per heavy atom. The number of aryl methyl sites for hydroxylation is 2. The van der Waals surface area contributed by atoms with Crippen molar-refractivity contribution in [3.8, 4) is 0 Å². The maximum atomic E-state index is 10.7. The molecule has 13 heavy (non-hydrogen) atoms. The number of nitrogens with zero attached hydrogens (tertiary/aromatic N) is 2. The molecule has 1 unspecified atom stereocenters. The van der Waals surface area contributed by atoms with E-state index in [2.05, 4.69) is 12.0 Å². The van der Waals surface area contributed by atoms with Crippen molar-refractivity contribution < 1.29 is 4.79 Å². The average Bonchev–Trinajstić information content (AvgIpc) is 2.40. The van der Waals surface area contributed by atoms with E-state index in [0.717, 1.165) is 29.8 Å². The Hall–Kier alpha value is -1.12. The molecule has 0 radical (unpaired) electrons. The van der Waals surface area contributed by atoms with Gasteiger partial charge in [0.2, 0.25) is 0 Å². The lowest BCUT2D eigenvalue weighted by atomic mass is 10.0. The van der Waals surface area contributed by atoms with E-state index in [4.69, 9.17) is 0 Å². The molecule has 1 heterocycles. The smallest absolute Gasteiger partial charge is 0.127 e. The summed E-state index contributed by atoms with van der Waals surface area (Å²) in [6, 6.07) is 0. The summed E-state index contributed by atoms with van der Waals surface area (Å²) >= 11 is 0. The summed E-state index contributed by atoms with van der Waals surface area (Å²) in [7, 11) is 0. The Bertz CT molecular complexity index is 315. The Morgan fingerprint density at radius 1 is 1.54 bits per heavy atom. The number of hydrogen-bond donors (Lipinski definition) is 0. The molecule has 0 aliphatic rings. The summed E-state index contributed by atoms with van der Waals surface area (Å²) in [5.41, 5.74) is 3.16. The minimum Gasteiger partial charge on any atom is -0.303 e. The summed E-state index contributed by atoms with van der Waals surface area (Å²) in [5.74, 6) is -0.0414. The predicted molar refractivity (Wildman–Crippen MR) is 51.9 cm³/mol. The molecule has 0 aliphatic carbocycles. The molecule has 1 rings (SSSR count). The number of carbonyl (C=O) groups excluding carboxylic acids is 1. The van der Waals surface area contributed by atoms with Gasteiger partial charge in [0.05, 0.1) is 5.69 Å². The molecular formula is C10H16N2O. The quantitative estimate of drug-likeness (QED) is 0.665. The SMILES string of the molecule is CCn1nc(C)c(C(C)C=O)c1C. The van der Waals surface area contributed by atoms with Crippen molar-refractivity contribution in [1.82, 2.24) is 9.78 Å². The molecule has 1 aromatic rings. The van der Waals surface area contributed by atoms with Gasteiger partial charge in [0, 0.05) is 23.7 Å². The summed E-state index contributed by atoms with van der Waals surface area (Å²) < 4.78 is 1.94. The molecule has 72 valence electrons. The maximum absolute atomic E-state index is 10.7. The van der Waals surface area contributed by atoms with Gasteiger partial charge in [-0.05, 0) is 20.8 Å². The van der Waals surface area contributed by atoms with Crippen LogP contribution in [0.5, 0.6) is 0 Å². The van der Waals surface area contributed by atoms with Crippen LogP contribution in [0.3, 0.4) is 0 Å². The van der Waals surface area contributed by atoms with Crippen LogP contribution < -0.4 is 0 Å². The average molecular weight is 180 g/mol. The number of carbonyl (C=O) groups is 1. The van der Waals surface area contributed by atoms with Crippen LogP contribution in [0, 0.1) is 13.8 Å². The monoisotopic (exact) mass is 180 g/mol. The van der Waals surface area contributed by atoms with Crippen LogP contribution in [0.4, 0.5) is 0 Å². The highest BCUT2D eigenvalue weighted by Gasteiger charge is 2.15. The molecular weight excluding hydrogens is 164 g/mol. The molecule has 1 atom stereocenters. The second kappa shape index (κ2) is 3.73. The van der Waals surface area contributed by atoms with Crippen molar-refractivity contribution in [2.24, 2.45) is 0 Å². The molecule has 0 aromatic carbocycles. The highest BCUT2D eigenvalue weighted by Crippen LogP contribution is 2.21. The van der Waals surface area contributed by atoms with Crippen molar-refractivity contribution in [2.45, 2.75) is 40.2 Å². The number of rotatable bonds is 3. The van der Waals surface area contributed by atoms with E-state index < -0.39 is 0 Å². The van der Waals surface area contributed by atoms with Gasteiger partial charge in [-0.25, -0.2) is 0 Å². The highest BCUT2D eigenvalue weighted by atomic mass is 16.1. The lowest BCUT2D eigenvalue weighted by Crippen LogP contribution is -2.01. The van der Waals surface area contributed by atoms with Gasteiger partial charge in [-0.15, -0.1) is 0 Å². The molecule has 0 aliphatic heterocycles. The molecule has 0 saturated heterocycles. The van der Waals surface area contributed by atoms with Crippen LogP contribution in [0.1, 0.15) is 36.7 Å². The fourth-order valence-corrected chi connectivity index (χ4v) is 1.75. The van der Waals surface area contributed by atoms with Crippen LogP contribution >= 0.6 is 0 Å². The normalized spacial score (nSPS) is 12.9. The second-order valence-corrected chi connectivity index (χ2v) is 3.33. The lowest BCUT2D eigenvalue weighted by Gasteiger charge is -2.04. The Kier molecular flexibility index (Phi) is 2.86. The van der Waals surface area contributed by atoms with E-state index in [1.54, 1.807) is 0 Å². The Labute approximate surface area is 78.8 Å². The van der Waals surface area contributed by atoms with Crippen molar-refractivity contribution >= 4 is 6.29 Å². The van der Waals surface area contributed by atoms with Gasteiger partial charge in [0.1, 0.15) is 6.29 Å². The lowest BCUT2D eigenvalue weighted by molar-refractivity contribution is -0.108. The summed E-state index contributed by atoms with van der Waals surface area (Å²) in [5, 5.41) is 4.36. The number of hydrogen-bond acceptors (Lipinski definition) is 2. The summed E-state index contributed by atoms with van der Waals surface area (Å²) in [4.78, 5) is 10.7. The third-order valence-corrected chi connectivity index (χ3v) is 2.40. The standard InChI is InChI=1S/C10H16N2O/c1-5-12-9(4)10(7(2)6-13)8(3)11-12/h6-7H,5H2,1-4H3. The van der Waals surface area contributed by atoms with Crippen LogP contribution in [-0.4, -0.2) is 16.1 Å². The largest absolute Gasteiger partial charge is 0.303 e. The topological polar surface area (TPSA) is 34.9 Å². The first kappa shape index (κ1) is 9.96. The third-order valence-electron chi connectivity index (χ3n) is 2.40. The molecule has 0 fully saturated rings. The van der Waals surface area contributed by atoms with Crippen molar-refractivity contribution in [2.75, 3.05) is 0 Å². The minimum atomic E-state index is -0.0414. The van der Waals surface area contributed by atoms with Gasteiger partial charge < -0.3 is 4.79 Å². The van der Waals surface area contributed by atoms with E-state index in [1.165, 1.54) is 0 Å². The van der Waals surface area contributed by atoms with E-state index in [0.29, 0.717) is 0 Å². The van der Waals surface area contributed by atoms with E-state index in [-0.39, 0.29) is 5.92 Å². The molecule has 0 saturated carbocycles. The fourth-order valence-electron chi connectivity index (χ4n) is 1.75. The van der Waals surface area contributed by atoms with Crippen molar-refractivity contribution in [3.05, 3.63) is 17.0 Å². The highest BCUT2D eigenvalue weighted by molar-refractivity contribution is 5.62. The molecule has 3 heteroatoms. The van der Waals surface area contributed by atoms with Gasteiger partial charge in [-0.1, -0.05) is 6.92 Å². The van der Waals surface area contributed by atoms with Crippen LogP contribution in [0.25, 0.3) is 0 Å². The molecule has 3 nitrogen and oxygen atoms in total. The number of aldehydes is 1. The summed E-state index contributed by atoms with van der Waals surface area (Å²) in [6.45, 7) is 8.78. The Balaban J connectivity index is 3.19. The first-order valence-electron chi connectivity index (χ1n) is 4.61. The van der Waals surface area contributed by atoms with Gasteiger partial charge >= 0.3 is 0 Å². The van der Waals surface area contributed by atoms with Gasteiger partial charge in [0.15, 0.2) is 0 Å². The fraction of sp³-hybridized carbons (Fsp3) is 0.600. The molecule has 0 spiro atoms. The van der Waals surface area contributed by atoms with Crippen molar-refractivity contribution in [3.63, 3.8) is 0 Å². The predicted octanol–water partition coefficient (Wildman–Crippen LogP) is 1.82. The zero-order valence-electron chi connectivity index (χ0n) is 8.66. The number of aromatic nitrogens is 2. The maximum Gasteiger partial charge on any atom is 0.127 e. The van der Waals surface area contributed by atoms with Crippen LogP contribution in [0.15, 0.2) is 0 Å². The zero-order valence-corrected chi connectivity index (χ0v) is 8.66. The van der Waals surface area contributed by atoms with Crippen LogP contribution in [0.2, 0.25) is 0 Å². The van der Waals surface area contributed by atoms with E-state index in [1.807, 2.05) is 25.5 Å². The van der Waals surface area contributed by atoms with Gasteiger partial charge in [0.25, 0.3) is 0 Å². The molecule has 0 amide bonds. The minimum absolute atomic E-state index is 0.0414. The van der Waals surface area contributed by atoms with Crippen LogP contribution in [-0.2, 0) is 11.3 Å². The molecule has 0 N–H and O–H groups in total. The van der Waals surface area contributed by atoms with Crippen molar-refractivity contribution in [1.29, 1.82) is 0 Å². The first-order chi connectivity index (χ1) is 6.11. The zero-order chi connectivity index (χ0) is 10.0. The first-order valence-corrected chi connectivity index (χ1v) is 4.61. The van der Waals surface area contributed by atoms with E-state index in [9.17, 15) is 4.79 Å². The molecule has 1 aromatic heterocycles. The third kappa shape index (κ3) is 1.64. The van der Waals surface area contributed by atoms with E-state index >= 15 is 0 Å². The van der Waals surface area contributed by atoms with Gasteiger partial charge in [-0.2, -0.15) is 5.10 Å².